The number of aromatic carboxylic acids is 1. The number of sulfonamides is 1. The molecule has 0 bridgehead atoms. The highest BCUT2D eigenvalue weighted by Crippen LogP contribution is 2.25. The molecule has 1 unspecified atom stereocenters. The van der Waals surface area contributed by atoms with Gasteiger partial charge in [0.05, 0.1) is 24.1 Å². The van der Waals surface area contributed by atoms with Crippen molar-refractivity contribution in [3.05, 3.63) is 29.8 Å². The molecule has 8 heteroatoms. The van der Waals surface area contributed by atoms with Crippen LogP contribution in [-0.4, -0.2) is 44.4 Å². The number of carboxylic acids is 1. The number of carbonyl (C=O) groups is 2. The Bertz CT molecular complexity index is 636. The van der Waals surface area contributed by atoms with Crippen molar-refractivity contribution in [2.75, 3.05) is 17.2 Å². The Morgan fingerprint density at radius 2 is 1.95 bits per heavy atom. The van der Waals surface area contributed by atoms with Crippen LogP contribution < -0.4 is 4.31 Å². The second-order valence-electron chi connectivity index (χ2n) is 4.38. The molecule has 20 heavy (non-hydrogen) atoms. The summed E-state index contributed by atoms with van der Waals surface area (Å²) < 4.78 is 29.5. The summed E-state index contributed by atoms with van der Waals surface area (Å²) in [6.45, 7) is 0.169. The quantitative estimate of drug-likeness (QED) is 0.811. The van der Waals surface area contributed by atoms with Crippen molar-refractivity contribution in [3.63, 3.8) is 0 Å². The summed E-state index contributed by atoms with van der Waals surface area (Å²) in [6, 6.07) is 4.39. The van der Waals surface area contributed by atoms with Gasteiger partial charge in [-0.15, -0.1) is 0 Å². The highest BCUT2D eigenvalue weighted by atomic mass is 32.2. The van der Waals surface area contributed by atoms with Gasteiger partial charge < -0.3 is 9.84 Å². The third kappa shape index (κ3) is 2.74. The fraction of sp³-hybridized carbons (Fsp3) is 0.333. The molecule has 0 aromatic heterocycles. The van der Waals surface area contributed by atoms with Crippen LogP contribution in [0.4, 0.5) is 5.69 Å². The van der Waals surface area contributed by atoms with Crippen LogP contribution in [0.2, 0.25) is 0 Å². The number of cyclic esters (lactones) is 1. The largest absolute Gasteiger partial charge is 0.478 e. The summed E-state index contributed by atoms with van der Waals surface area (Å²) in [4.78, 5) is 22.4. The normalized spacial score (nSPS) is 18.6. The lowest BCUT2D eigenvalue weighted by Gasteiger charge is -2.26. The van der Waals surface area contributed by atoms with Crippen LogP contribution in [-0.2, 0) is 19.6 Å². The highest BCUT2D eigenvalue weighted by molar-refractivity contribution is 7.92. The number of hydrogen-bond acceptors (Lipinski definition) is 5. The average molecular weight is 299 g/mol. The van der Waals surface area contributed by atoms with Crippen LogP contribution in [0.25, 0.3) is 0 Å². The molecule has 1 atom stereocenters. The van der Waals surface area contributed by atoms with Crippen LogP contribution in [0.1, 0.15) is 16.8 Å². The maximum atomic E-state index is 11.9. The number of nitrogens with zero attached hydrogens (tertiary/aromatic N) is 1. The number of carboxylic acid groups (broad SMARTS) is 1. The topological polar surface area (TPSA) is 101 Å². The van der Waals surface area contributed by atoms with E-state index in [1.54, 1.807) is 0 Å². The number of ether oxygens (including phenoxy) is 1. The van der Waals surface area contributed by atoms with E-state index in [4.69, 9.17) is 9.84 Å². The van der Waals surface area contributed by atoms with E-state index in [0.717, 1.165) is 10.6 Å². The molecule has 1 aromatic rings. The first-order valence-corrected chi connectivity index (χ1v) is 7.65. The van der Waals surface area contributed by atoms with Crippen LogP contribution in [0.3, 0.4) is 0 Å². The molecule has 0 saturated carbocycles. The van der Waals surface area contributed by atoms with Crippen LogP contribution in [0.5, 0.6) is 0 Å². The van der Waals surface area contributed by atoms with Gasteiger partial charge in [0.1, 0.15) is 6.04 Å². The predicted octanol–water partition coefficient (Wildman–Crippen LogP) is 0.466. The molecule has 2 rings (SSSR count). The Labute approximate surface area is 115 Å². The third-order valence-electron chi connectivity index (χ3n) is 2.92. The average Bonchev–Trinajstić information content (AvgIpc) is 2.75. The zero-order chi connectivity index (χ0) is 14.9. The van der Waals surface area contributed by atoms with Crippen molar-refractivity contribution in [1.82, 2.24) is 0 Å². The lowest BCUT2D eigenvalue weighted by Crippen LogP contribution is -2.42. The second kappa shape index (κ2) is 5.12. The van der Waals surface area contributed by atoms with Crippen LogP contribution in [0, 0.1) is 0 Å². The smallest absolute Gasteiger partial charge is 0.335 e. The summed E-state index contributed by atoms with van der Waals surface area (Å²) in [6.07, 6.45) is 1.26. The van der Waals surface area contributed by atoms with Gasteiger partial charge in [0.25, 0.3) is 0 Å². The maximum absolute atomic E-state index is 11.9. The van der Waals surface area contributed by atoms with Crippen LogP contribution >= 0.6 is 0 Å². The van der Waals surface area contributed by atoms with E-state index >= 15 is 0 Å². The molecular weight excluding hydrogens is 286 g/mol. The van der Waals surface area contributed by atoms with Crippen molar-refractivity contribution >= 4 is 27.6 Å². The minimum Gasteiger partial charge on any atom is -0.478 e. The molecule has 1 aromatic carbocycles. The van der Waals surface area contributed by atoms with Gasteiger partial charge >= 0.3 is 11.9 Å². The molecule has 0 aliphatic carbocycles. The van der Waals surface area contributed by atoms with E-state index in [1.165, 1.54) is 24.3 Å². The first-order valence-electron chi connectivity index (χ1n) is 5.80. The Morgan fingerprint density at radius 1 is 1.35 bits per heavy atom. The molecule has 1 N–H and O–H groups in total. The van der Waals surface area contributed by atoms with Gasteiger partial charge in [0, 0.05) is 6.42 Å². The maximum Gasteiger partial charge on any atom is 0.335 e. The lowest BCUT2D eigenvalue weighted by molar-refractivity contribution is -0.138. The number of rotatable bonds is 4. The van der Waals surface area contributed by atoms with Gasteiger partial charge in [-0.3, -0.25) is 4.31 Å². The molecule has 108 valence electrons. The fourth-order valence-electron chi connectivity index (χ4n) is 2.05. The van der Waals surface area contributed by atoms with Gasteiger partial charge in [-0.1, -0.05) is 0 Å². The molecule has 1 saturated heterocycles. The van der Waals surface area contributed by atoms with Crippen molar-refractivity contribution < 1.29 is 27.9 Å². The summed E-state index contributed by atoms with van der Waals surface area (Å²) in [5.41, 5.74) is 0.276. The molecular formula is C12H13NO6S. The van der Waals surface area contributed by atoms with E-state index < -0.39 is 28.0 Å². The van der Waals surface area contributed by atoms with E-state index in [9.17, 15) is 18.0 Å². The first kappa shape index (κ1) is 14.3. The molecule has 1 fully saturated rings. The lowest BCUT2D eigenvalue weighted by atomic mass is 10.2. The van der Waals surface area contributed by atoms with E-state index in [1.807, 2.05) is 0 Å². The molecule has 0 radical (unpaired) electrons. The predicted molar refractivity (Wildman–Crippen MR) is 70.1 cm³/mol. The molecule has 1 aliphatic heterocycles. The molecule has 0 amide bonds. The molecule has 7 nitrogen and oxygen atoms in total. The van der Waals surface area contributed by atoms with Crippen molar-refractivity contribution in [2.45, 2.75) is 12.5 Å². The van der Waals surface area contributed by atoms with Crippen molar-refractivity contribution in [2.24, 2.45) is 0 Å². The zero-order valence-corrected chi connectivity index (χ0v) is 11.5. The van der Waals surface area contributed by atoms with Crippen LogP contribution in [0.15, 0.2) is 24.3 Å². The van der Waals surface area contributed by atoms with Gasteiger partial charge in [-0.05, 0) is 24.3 Å². The number of anilines is 1. The second-order valence-corrected chi connectivity index (χ2v) is 6.24. The standard InChI is InChI=1S/C12H13NO6S/c1-20(17,18)13(10-6-7-19-12(10)16)9-4-2-8(3-5-9)11(14)15/h2-5,10H,6-7H2,1H3,(H,14,15). The molecule has 1 aliphatic rings. The zero-order valence-electron chi connectivity index (χ0n) is 10.6. The number of esters is 1. The summed E-state index contributed by atoms with van der Waals surface area (Å²) in [7, 11) is -3.68. The van der Waals surface area contributed by atoms with Gasteiger partial charge in [-0.2, -0.15) is 0 Å². The summed E-state index contributed by atoms with van der Waals surface area (Å²) in [5, 5.41) is 8.82. The van der Waals surface area contributed by atoms with Crippen molar-refractivity contribution in [3.8, 4) is 0 Å². The first-order chi connectivity index (χ1) is 9.30. The Kier molecular flexibility index (Phi) is 3.67. The Balaban J connectivity index is 2.42. The SMILES string of the molecule is CS(=O)(=O)N(c1ccc(C(=O)O)cc1)C1CCOC1=O. The fourth-order valence-corrected chi connectivity index (χ4v) is 3.21. The Hall–Kier alpha value is -2.09. The number of benzene rings is 1. The van der Waals surface area contributed by atoms with E-state index in [2.05, 4.69) is 0 Å². The monoisotopic (exact) mass is 299 g/mol. The highest BCUT2D eigenvalue weighted by Gasteiger charge is 2.37. The third-order valence-corrected chi connectivity index (χ3v) is 4.10. The number of carbonyl (C=O) groups excluding carboxylic acids is 1. The van der Waals surface area contributed by atoms with Crippen molar-refractivity contribution in [1.29, 1.82) is 0 Å². The van der Waals surface area contributed by atoms with E-state index in [0.29, 0.717) is 0 Å². The Morgan fingerprint density at radius 3 is 2.35 bits per heavy atom. The minimum absolute atomic E-state index is 0.0381. The van der Waals surface area contributed by atoms with Gasteiger partial charge in [0.15, 0.2) is 0 Å². The van der Waals surface area contributed by atoms with Gasteiger partial charge in [-0.25, -0.2) is 18.0 Å². The molecule has 1 heterocycles. The minimum atomic E-state index is -3.68. The van der Waals surface area contributed by atoms with E-state index in [-0.39, 0.29) is 24.3 Å². The summed E-state index contributed by atoms with van der Waals surface area (Å²) in [5.74, 6) is -1.71. The summed E-state index contributed by atoms with van der Waals surface area (Å²) >= 11 is 0. The number of hydrogen-bond donors (Lipinski definition) is 1. The molecule has 0 spiro atoms. The van der Waals surface area contributed by atoms with Gasteiger partial charge in [0.2, 0.25) is 10.0 Å².